The molecule has 3 aromatic rings. The van der Waals surface area contributed by atoms with E-state index in [0.29, 0.717) is 11.8 Å². The Morgan fingerprint density at radius 1 is 0.929 bits per heavy atom. The summed E-state index contributed by atoms with van der Waals surface area (Å²) in [6.45, 7) is 5.33. The van der Waals surface area contributed by atoms with E-state index in [1.54, 1.807) is 6.20 Å². The van der Waals surface area contributed by atoms with Gasteiger partial charge in [0.2, 0.25) is 5.95 Å². The minimum atomic E-state index is -0.212. The van der Waals surface area contributed by atoms with Crippen LogP contribution in [0, 0.1) is 5.82 Å². The number of hydrogen-bond donors (Lipinski definition) is 1. The summed E-state index contributed by atoms with van der Waals surface area (Å²) < 4.78 is 13.1. The molecule has 1 aliphatic rings. The number of hydrogen-bond acceptors (Lipinski definition) is 6. The maximum Gasteiger partial charge on any atom is 0.247 e. The van der Waals surface area contributed by atoms with E-state index >= 15 is 0 Å². The van der Waals surface area contributed by atoms with Crippen molar-refractivity contribution in [1.82, 2.24) is 15.2 Å². The summed E-state index contributed by atoms with van der Waals surface area (Å²) >= 11 is 0. The van der Waals surface area contributed by atoms with Gasteiger partial charge in [-0.1, -0.05) is 30.3 Å². The van der Waals surface area contributed by atoms with Crippen molar-refractivity contribution in [2.75, 3.05) is 41.3 Å². The van der Waals surface area contributed by atoms with Gasteiger partial charge in [-0.3, -0.25) is 0 Å². The number of rotatable bonds is 5. The predicted octanol–water partition coefficient (Wildman–Crippen LogP) is 3.51. The summed E-state index contributed by atoms with van der Waals surface area (Å²) in [6.07, 6.45) is 1.65. The van der Waals surface area contributed by atoms with E-state index < -0.39 is 0 Å². The summed E-state index contributed by atoms with van der Waals surface area (Å²) in [4.78, 5) is 9.01. The summed E-state index contributed by atoms with van der Waals surface area (Å²) in [5.41, 5.74) is 2.22. The third kappa shape index (κ3) is 4.19. The molecule has 0 amide bonds. The molecule has 1 unspecified atom stereocenters. The molecular weight excluding hydrogens is 355 g/mol. The molecule has 6 nitrogen and oxygen atoms in total. The molecule has 144 valence electrons. The highest BCUT2D eigenvalue weighted by molar-refractivity contribution is 5.49. The first-order valence-corrected chi connectivity index (χ1v) is 9.46. The van der Waals surface area contributed by atoms with Crippen LogP contribution in [0.5, 0.6) is 0 Å². The number of nitrogens with one attached hydrogen (secondary N) is 1. The fourth-order valence-corrected chi connectivity index (χ4v) is 3.36. The first-order chi connectivity index (χ1) is 13.7. The highest BCUT2D eigenvalue weighted by atomic mass is 19.1. The lowest BCUT2D eigenvalue weighted by atomic mass is 10.1. The lowest BCUT2D eigenvalue weighted by Crippen LogP contribution is -2.47. The van der Waals surface area contributed by atoms with E-state index in [2.05, 4.69) is 49.4 Å². The van der Waals surface area contributed by atoms with Crippen molar-refractivity contribution >= 4 is 17.5 Å². The van der Waals surface area contributed by atoms with Crippen molar-refractivity contribution in [3.63, 3.8) is 0 Å². The fraction of sp³-hybridized carbons (Fsp3) is 0.286. The molecule has 1 N–H and O–H groups in total. The molecule has 4 rings (SSSR count). The number of anilines is 3. The molecule has 7 heteroatoms. The smallest absolute Gasteiger partial charge is 0.247 e. The van der Waals surface area contributed by atoms with Gasteiger partial charge in [0.25, 0.3) is 0 Å². The van der Waals surface area contributed by atoms with Crippen LogP contribution in [-0.4, -0.2) is 41.4 Å². The third-order valence-corrected chi connectivity index (χ3v) is 4.97. The summed E-state index contributed by atoms with van der Waals surface area (Å²) in [5.74, 6) is 1.13. The average molecular weight is 378 g/mol. The second-order valence-electron chi connectivity index (χ2n) is 6.87. The van der Waals surface area contributed by atoms with Gasteiger partial charge in [-0.2, -0.15) is 10.1 Å². The van der Waals surface area contributed by atoms with E-state index in [-0.39, 0.29) is 11.9 Å². The van der Waals surface area contributed by atoms with Crippen molar-refractivity contribution in [1.29, 1.82) is 0 Å². The normalized spacial score (nSPS) is 15.4. The Labute approximate surface area is 164 Å². The van der Waals surface area contributed by atoms with Gasteiger partial charge < -0.3 is 15.1 Å². The Bertz CT molecular complexity index is 894. The molecule has 2 aromatic carbocycles. The number of benzene rings is 2. The molecule has 2 heterocycles. The topological polar surface area (TPSA) is 57.2 Å². The molecule has 0 saturated carbocycles. The van der Waals surface area contributed by atoms with Crippen LogP contribution in [0.1, 0.15) is 18.5 Å². The maximum atomic E-state index is 13.1. The van der Waals surface area contributed by atoms with Gasteiger partial charge in [0.05, 0.1) is 6.20 Å². The van der Waals surface area contributed by atoms with Gasteiger partial charge >= 0.3 is 0 Å². The third-order valence-electron chi connectivity index (χ3n) is 4.97. The standard InChI is InChI=1S/C21H23FN6/c1-16(17-5-3-2-4-6-17)24-20-15-23-26-21(25-20)28-13-11-27(12-14-28)19-9-7-18(22)8-10-19/h2-10,15-16H,11-14H2,1H3,(H,24,25,26). The van der Waals surface area contributed by atoms with Crippen LogP contribution in [-0.2, 0) is 0 Å². The Kier molecular flexibility index (Phi) is 5.32. The van der Waals surface area contributed by atoms with E-state index in [0.717, 1.165) is 31.9 Å². The van der Waals surface area contributed by atoms with Gasteiger partial charge in [-0.25, -0.2) is 4.39 Å². The summed E-state index contributed by atoms with van der Waals surface area (Å²) in [6, 6.07) is 17.0. The lowest BCUT2D eigenvalue weighted by Gasteiger charge is -2.36. The Hall–Kier alpha value is -3.22. The molecule has 1 fully saturated rings. The first-order valence-electron chi connectivity index (χ1n) is 9.46. The minimum Gasteiger partial charge on any atom is -0.368 e. The zero-order valence-electron chi connectivity index (χ0n) is 15.8. The number of halogens is 1. The molecule has 1 aromatic heterocycles. The van der Waals surface area contributed by atoms with Crippen molar-refractivity contribution in [3.8, 4) is 0 Å². The summed E-state index contributed by atoms with van der Waals surface area (Å²) in [5, 5.41) is 11.7. The largest absolute Gasteiger partial charge is 0.368 e. The Morgan fingerprint density at radius 2 is 1.61 bits per heavy atom. The highest BCUT2D eigenvalue weighted by Gasteiger charge is 2.20. The van der Waals surface area contributed by atoms with Crippen molar-refractivity contribution in [2.45, 2.75) is 13.0 Å². The van der Waals surface area contributed by atoms with Crippen LogP contribution in [0.3, 0.4) is 0 Å². The minimum absolute atomic E-state index is 0.126. The number of aromatic nitrogens is 3. The van der Waals surface area contributed by atoms with Crippen molar-refractivity contribution in [3.05, 3.63) is 72.2 Å². The highest BCUT2D eigenvalue weighted by Crippen LogP contribution is 2.21. The van der Waals surface area contributed by atoms with Crippen molar-refractivity contribution in [2.24, 2.45) is 0 Å². The first kappa shape index (κ1) is 18.2. The van der Waals surface area contributed by atoms with E-state index in [1.165, 1.54) is 17.7 Å². The van der Waals surface area contributed by atoms with Gasteiger partial charge in [0.1, 0.15) is 5.82 Å². The van der Waals surface area contributed by atoms with Gasteiger partial charge in [0.15, 0.2) is 5.82 Å². The van der Waals surface area contributed by atoms with Crippen LogP contribution >= 0.6 is 0 Å². The molecule has 1 atom stereocenters. The molecule has 0 spiro atoms. The fourth-order valence-electron chi connectivity index (χ4n) is 3.36. The SMILES string of the molecule is CC(Nc1cnnc(N2CCN(c3ccc(F)cc3)CC2)n1)c1ccccc1. The Balaban J connectivity index is 1.39. The van der Waals surface area contributed by atoms with E-state index in [1.807, 2.05) is 30.3 Å². The molecular formula is C21H23FN6. The molecule has 0 bridgehead atoms. The monoisotopic (exact) mass is 378 g/mol. The Morgan fingerprint density at radius 3 is 2.32 bits per heavy atom. The van der Waals surface area contributed by atoms with Crippen LogP contribution in [0.2, 0.25) is 0 Å². The molecule has 0 radical (unpaired) electrons. The molecule has 1 saturated heterocycles. The van der Waals surface area contributed by atoms with Gasteiger partial charge in [0, 0.05) is 37.9 Å². The molecule has 1 aliphatic heterocycles. The van der Waals surface area contributed by atoms with Crippen LogP contribution < -0.4 is 15.1 Å². The van der Waals surface area contributed by atoms with E-state index in [4.69, 9.17) is 0 Å². The maximum absolute atomic E-state index is 13.1. The predicted molar refractivity (Wildman–Crippen MR) is 109 cm³/mol. The van der Waals surface area contributed by atoms with Crippen LogP contribution in [0.4, 0.5) is 21.8 Å². The average Bonchev–Trinajstić information content (AvgIpc) is 2.75. The quantitative estimate of drug-likeness (QED) is 0.733. The van der Waals surface area contributed by atoms with Gasteiger partial charge in [-0.05, 0) is 36.8 Å². The zero-order chi connectivity index (χ0) is 19.3. The number of nitrogens with zero attached hydrogens (tertiary/aromatic N) is 5. The van der Waals surface area contributed by atoms with E-state index in [9.17, 15) is 4.39 Å². The second kappa shape index (κ2) is 8.21. The molecule has 0 aliphatic carbocycles. The molecule has 28 heavy (non-hydrogen) atoms. The van der Waals surface area contributed by atoms with Crippen LogP contribution in [0.15, 0.2) is 60.8 Å². The zero-order valence-corrected chi connectivity index (χ0v) is 15.8. The lowest BCUT2D eigenvalue weighted by molar-refractivity contribution is 0.622. The summed E-state index contributed by atoms with van der Waals surface area (Å²) in [7, 11) is 0. The van der Waals surface area contributed by atoms with Crippen LogP contribution in [0.25, 0.3) is 0 Å². The van der Waals surface area contributed by atoms with Gasteiger partial charge in [-0.15, -0.1) is 5.10 Å². The second-order valence-corrected chi connectivity index (χ2v) is 6.87. The number of piperazine rings is 1. The van der Waals surface area contributed by atoms with Crippen molar-refractivity contribution < 1.29 is 4.39 Å².